The normalized spacial score (nSPS) is 15.4. The third kappa shape index (κ3) is 4.99. The molecule has 0 saturated carbocycles. The Morgan fingerprint density at radius 3 is 2.88 bits per heavy atom. The first-order valence-corrected chi connectivity index (χ1v) is 8.66. The van der Waals surface area contributed by atoms with Crippen LogP contribution < -0.4 is 20.5 Å². The number of ether oxygens (including phenoxy) is 2. The van der Waals surface area contributed by atoms with Gasteiger partial charge in [-0.3, -0.25) is 4.79 Å². The van der Waals surface area contributed by atoms with Gasteiger partial charge in [0.1, 0.15) is 11.5 Å². The quantitative estimate of drug-likeness (QED) is 0.567. The van der Waals surface area contributed by atoms with Gasteiger partial charge in [-0.05, 0) is 63.8 Å². The van der Waals surface area contributed by atoms with E-state index in [-0.39, 0.29) is 11.9 Å². The van der Waals surface area contributed by atoms with E-state index in [9.17, 15) is 4.79 Å². The molecule has 1 atom stereocenters. The number of hydrogen-bond acceptors (Lipinski definition) is 4. The molecule has 24 heavy (non-hydrogen) atoms. The third-order valence-corrected chi connectivity index (χ3v) is 4.27. The summed E-state index contributed by atoms with van der Waals surface area (Å²) in [6, 6.07) is 5.31. The van der Waals surface area contributed by atoms with Crippen molar-refractivity contribution in [2.45, 2.75) is 45.1 Å². The van der Waals surface area contributed by atoms with Crippen LogP contribution >= 0.6 is 0 Å². The summed E-state index contributed by atoms with van der Waals surface area (Å²) >= 11 is 0. The van der Waals surface area contributed by atoms with Crippen LogP contribution in [-0.2, 0) is 0 Å². The monoisotopic (exact) mass is 332 g/mol. The minimum absolute atomic E-state index is 0.0286. The Morgan fingerprint density at radius 2 is 2.21 bits per heavy atom. The average Bonchev–Trinajstić information content (AvgIpc) is 2.62. The Balaban J connectivity index is 2.11. The number of carbonyl (C=O) groups excluding carboxylic acids is 1. The molecular formula is C19H28N2O3. The summed E-state index contributed by atoms with van der Waals surface area (Å²) in [7, 11) is 1.58. The van der Waals surface area contributed by atoms with Crippen molar-refractivity contribution in [3.63, 3.8) is 0 Å². The van der Waals surface area contributed by atoms with E-state index in [1.54, 1.807) is 25.3 Å². The average molecular weight is 332 g/mol. The molecule has 5 heteroatoms. The van der Waals surface area contributed by atoms with Crippen molar-refractivity contribution < 1.29 is 14.3 Å². The summed E-state index contributed by atoms with van der Waals surface area (Å²) in [5.74, 6) is 1.05. The first-order valence-electron chi connectivity index (χ1n) is 8.66. The van der Waals surface area contributed by atoms with E-state index in [4.69, 9.17) is 15.2 Å². The number of benzene rings is 1. The second-order valence-electron chi connectivity index (χ2n) is 6.07. The first-order chi connectivity index (χ1) is 11.7. The summed E-state index contributed by atoms with van der Waals surface area (Å²) in [6.07, 6.45) is 7.58. The number of nitrogens with one attached hydrogen (secondary N) is 1. The van der Waals surface area contributed by atoms with Gasteiger partial charge in [0.15, 0.2) is 0 Å². The van der Waals surface area contributed by atoms with Crippen LogP contribution in [0, 0.1) is 0 Å². The lowest BCUT2D eigenvalue weighted by atomic mass is 9.94. The predicted molar refractivity (Wildman–Crippen MR) is 95.6 cm³/mol. The van der Waals surface area contributed by atoms with Gasteiger partial charge in [-0.1, -0.05) is 11.6 Å². The zero-order valence-electron chi connectivity index (χ0n) is 14.6. The Morgan fingerprint density at radius 1 is 1.38 bits per heavy atom. The first kappa shape index (κ1) is 18.3. The molecule has 0 heterocycles. The summed E-state index contributed by atoms with van der Waals surface area (Å²) < 4.78 is 11.0. The minimum Gasteiger partial charge on any atom is -0.497 e. The summed E-state index contributed by atoms with van der Waals surface area (Å²) in [4.78, 5) is 12.7. The molecule has 0 unspecified atom stereocenters. The van der Waals surface area contributed by atoms with Crippen LogP contribution in [0.1, 0.15) is 49.4 Å². The van der Waals surface area contributed by atoms with Crippen LogP contribution in [0.25, 0.3) is 0 Å². The van der Waals surface area contributed by atoms with Gasteiger partial charge in [-0.15, -0.1) is 0 Å². The lowest BCUT2D eigenvalue weighted by Gasteiger charge is -2.21. The molecule has 1 aromatic carbocycles. The number of amides is 1. The van der Waals surface area contributed by atoms with Gasteiger partial charge in [0.2, 0.25) is 0 Å². The van der Waals surface area contributed by atoms with Crippen LogP contribution in [0.3, 0.4) is 0 Å². The van der Waals surface area contributed by atoms with Crippen molar-refractivity contribution in [2.75, 3.05) is 20.3 Å². The third-order valence-electron chi connectivity index (χ3n) is 4.27. The lowest BCUT2D eigenvalue weighted by Crippen LogP contribution is -2.34. The predicted octanol–water partition coefficient (Wildman–Crippen LogP) is 3.04. The number of allylic oxidation sites excluding steroid dienone is 1. The highest BCUT2D eigenvalue weighted by Gasteiger charge is 2.19. The Kier molecular flexibility index (Phi) is 7.12. The van der Waals surface area contributed by atoms with Crippen molar-refractivity contribution in [2.24, 2.45) is 5.73 Å². The van der Waals surface area contributed by atoms with Crippen LogP contribution in [0.4, 0.5) is 0 Å². The van der Waals surface area contributed by atoms with Crippen molar-refractivity contribution in [1.29, 1.82) is 0 Å². The molecule has 0 fully saturated rings. The molecule has 0 radical (unpaired) electrons. The molecule has 132 valence electrons. The van der Waals surface area contributed by atoms with Gasteiger partial charge in [0.25, 0.3) is 5.91 Å². The second kappa shape index (κ2) is 9.33. The molecule has 1 aliphatic rings. The fourth-order valence-corrected chi connectivity index (χ4v) is 2.83. The van der Waals surface area contributed by atoms with E-state index in [0.717, 1.165) is 19.3 Å². The van der Waals surface area contributed by atoms with Gasteiger partial charge < -0.3 is 20.5 Å². The van der Waals surface area contributed by atoms with E-state index >= 15 is 0 Å². The maximum absolute atomic E-state index is 12.7. The molecule has 1 amide bonds. The van der Waals surface area contributed by atoms with Gasteiger partial charge in [0.05, 0.1) is 19.3 Å². The summed E-state index contributed by atoms with van der Waals surface area (Å²) in [6.45, 7) is 3.08. The molecule has 0 aliphatic heterocycles. The topological polar surface area (TPSA) is 73.6 Å². The smallest absolute Gasteiger partial charge is 0.255 e. The molecule has 5 nitrogen and oxygen atoms in total. The molecule has 1 aromatic rings. The van der Waals surface area contributed by atoms with E-state index < -0.39 is 0 Å². The van der Waals surface area contributed by atoms with E-state index in [2.05, 4.69) is 11.4 Å². The minimum atomic E-state index is -0.143. The Hall–Kier alpha value is -2.01. The highest BCUT2D eigenvalue weighted by molar-refractivity contribution is 5.97. The highest BCUT2D eigenvalue weighted by atomic mass is 16.5. The maximum Gasteiger partial charge on any atom is 0.255 e. The lowest BCUT2D eigenvalue weighted by molar-refractivity contribution is 0.0940. The Bertz CT molecular complexity index is 584. The second-order valence-corrected chi connectivity index (χ2v) is 6.07. The largest absolute Gasteiger partial charge is 0.497 e. The maximum atomic E-state index is 12.7. The molecular weight excluding hydrogens is 304 g/mol. The van der Waals surface area contributed by atoms with Gasteiger partial charge >= 0.3 is 0 Å². The van der Waals surface area contributed by atoms with E-state index in [1.165, 1.54) is 18.4 Å². The van der Waals surface area contributed by atoms with Crippen LogP contribution in [0.15, 0.2) is 29.8 Å². The molecule has 0 bridgehead atoms. The van der Waals surface area contributed by atoms with Crippen LogP contribution in [-0.4, -0.2) is 32.2 Å². The summed E-state index contributed by atoms with van der Waals surface area (Å²) in [5.41, 5.74) is 7.30. The Labute approximate surface area is 144 Å². The fraction of sp³-hybridized carbons (Fsp3) is 0.526. The van der Waals surface area contributed by atoms with Crippen molar-refractivity contribution in [3.05, 3.63) is 35.4 Å². The van der Waals surface area contributed by atoms with Gasteiger partial charge in [-0.2, -0.15) is 0 Å². The fourth-order valence-electron chi connectivity index (χ4n) is 2.83. The van der Waals surface area contributed by atoms with Crippen molar-refractivity contribution in [3.8, 4) is 11.5 Å². The molecule has 0 aromatic heterocycles. The van der Waals surface area contributed by atoms with E-state index in [1.807, 2.05) is 6.92 Å². The van der Waals surface area contributed by atoms with E-state index in [0.29, 0.717) is 30.2 Å². The molecule has 0 spiro atoms. The van der Waals surface area contributed by atoms with Gasteiger partial charge in [-0.25, -0.2) is 0 Å². The van der Waals surface area contributed by atoms with Gasteiger partial charge in [0, 0.05) is 6.04 Å². The number of nitrogens with two attached hydrogens (primary N) is 1. The number of methoxy groups -OCH3 is 1. The zero-order chi connectivity index (χ0) is 17.4. The molecule has 0 saturated heterocycles. The molecule has 2 rings (SSSR count). The summed E-state index contributed by atoms with van der Waals surface area (Å²) in [5, 5.41) is 3.08. The number of carbonyl (C=O) groups is 1. The standard InChI is InChI=1S/C19H28N2O3/c1-14(15-7-4-3-5-8-15)21-19(22)17-13-16(23-2)9-10-18(17)24-12-6-11-20/h7,9-10,13-14H,3-6,8,11-12,20H2,1-2H3,(H,21,22)/t14-/m1/s1. The van der Waals surface area contributed by atoms with Crippen LogP contribution in [0.5, 0.6) is 11.5 Å². The van der Waals surface area contributed by atoms with Crippen LogP contribution in [0.2, 0.25) is 0 Å². The molecule has 1 aliphatic carbocycles. The van der Waals surface area contributed by atoms with Crippen molar-refractivity contribution >= 4 is 5.91 Å². The SMILES string of the molecule is COc1ccc(OCCCN)c(C(=O)N[C@H](C)C2=CCCCC2)c1. The highest BCUT2D eigenvalue weighted by Crippen LogP contribution is 2.25. The number of rotatable bonds is 8. The molecule has 3 N–H and O–H groups in total. The number of hydrogen-bond donors (Lipinski definition) is 2. The van der Waals surface area contributed by atoms with Crippen molar-refractivity contribution in [1.82, 2.24) is 5.32 Å². The zero-order valence-corrected chi connectivity index (χ0v) is 14.6.